The van der Waals surface area contributed by atoms with Gasteiger partial charge in [0.2, 0.25) is 5.91 Å². The summed E-state index contributed by atoms with van der Waals surface area (Å²) in [6, 6.07) is 9.95. The number of hydrogen-bond donors (Lipinski definition) is 0. The zero-order valence-corrected chi connectivity index (χ0v) is 16.7. The van der Waals surface area contributed by atoms with E-state index in [9.17, 15) is 4.79 Å². The van der Waals surface area contributed by atoms with Crippen LogP contribution in [0.5, 0.6) is 0 Å². The number of carbonyl (C=O) groups is 1. The van der Waals surface area contributed by atoms with Crippen LogP contribution in [-0.4, -0.2) is 47.0 Å². The van der Waals surface area contributed by atoms with E-state index in [1.54, 1.807) is 6.26 Å². The second kappa shape index (κ2) is 7.62. The minimum Gasteiger partial charge on any atom is -0.461 e. The van der Waals surface area contributed by atoms with Crippen LogP contribution in [0.15, 0.2) is 41.0 Å². The first kappa shape index (κ1) is 18.5. The van der Waals surface area contributed by atoms with E-state index in [2.05, 4.69) is 37.8 Å². The molecule has 1 aliphatic heterocycles. The predicted molar refractivity (Wildman–Crippen MR) is 110 cm³/mol. The van der Waals surface area contributed by atoms with Gasteiger partial charge in [-0.1, -0.05) is 25.5 Å². The number of aryl methyl sites for hydroxylation is 1. The summed E-state index contributed by atoms with van der Waals surface area (Å²) in [5, 5.41) is 1.04. The summed E-state index contributed by atoms with van der Waals surface area (Å²) in [5.74, 6) is 2.80. The zero-order valence-electron chi connectivity index (χ0n) is 16.7. The highest BCUT2D eigenvalue weighted by Gasteiger charge is 2.24. The Kier molecular flexibility index (Phi) is 5.03. The van der Waals surface area contributed by atoms with Gasteiger partial charge in [0.1, 0.15) is 5.82 Å². The average molecular weight is 378 g/mol. The molecule has 0 aliphatic carbocycles. The Labute approximate surface area is 165 Å². The van der Waals surface area contributed by atoms with Crippen molar-refractivity contribution in [2.45, 2.75) is 27.2 Å². The van der Waals surface area contributed by atoms with E-state index < -0.39 is 0 Å². The van der Waals surface area contributed by atoms with E-state index in [0.29, 0.717) is 23.9 Å². The summed E-state index contributed by atoms with van der Waals surface area (Å²) in [4.78, 5) is 26.2. The van der Waals surface area contributed by atoms with Crippen molar-refractivity contribution < 1.29 is 9.21 Å². The van der Waals surface area contributed by atoms with Gasteiger partial charge in [-0.3, -0.25) is 4.79 Å². The largest absolute Gasteiger partial charge is 0.461 e. The van der Waals surface area contributed by atoms with Crippen molar-refractivity contribution in [1.29, 1.82) is 0 Å². The number of benzene rings is 1. The molecule has 0 radical (unpaired) electrons. The molecule has 28 heavy (non-hydrogen) atoms. The molecule has 2 aromatic heterocycles. The van der Waals surface area contributed by atoms with Crippen molar-refractivity contribution in [3.63, 3.8) is 0 Å². The number of aromatic nitrogens is 2. The van der Waals surface area contributed by atoms with Gasteiger partial charge in [-0.15, -0.1) is 0 Å². The summed E-state index contributed by atoms with van der Waals surface area (Å²) >= 11 is 0. The predicted octanol–water partition coefficient (Wildman–Crippen LogP) is 3.89. The molecule has 0 spiro atoms. The standard InChI is InChI=1S/C22H26N4O2/c1-15(2)13-20(27)25-8-10-26(11-9-25)22-17-14-16(3)6-7-18(17)23-21(24-22)19-5-4-12-28-19/h4-7,12,14-15H,8-11,13H2,1-3H3. The summed E-state index contributed by atoms with van der Waals surface area (Å²) in [7, 11) is 0. The van der Waals surface area contributed by atoms with Crippen LogP contribution in [0.2, 0.25) is 0 Å². The molecule has 1 fully saturated rings. The van der Waals surface area contributed by atoms with Crippen molar-refractivity contribution in [2.75, 3.05) is 31.1 Å². The number of amides is 1. The summed E-state index contributed by atoms with van der Waals surface area (Å²) in [6.45, 7) is 9.21. The van der Waals surface area contributed by atoms with Crippen LogP contribution in [0, 0.1) is 12.8 Å². The molecule has 6 heteroatoms. The van der Waals surface area contributed by atoms with Gasteiger partial charge in [0.15, 0.2) is 11.6 Å². The van der Waals surface area contributed by atoms with Gasteiger partial charge < -0.3 is 14.2 Å². The fourth-order valence-corrected chi connectivity index (χ4v) is 3.63. The van der Waals surface area contributed by atoms with E-state index in [0.717, 1.165) is 42.9 Å². The van der Waals surface area contributed by atoms with Crippen LogP contribution in [0.3, 0.4) is 0 Å². The van der Waals surface area contributed by atoms with Gasteiger partial charge in [-0.25, -0.2) is 9.97 Å². The number of rotatable bonds is 4. The Morgan fingerprint density at radius 2 is 1.93 bits per heavy atom. The highest BCUT2D eigenvalue weighted by Crippen LogP contribution is 2.29. The van der Waals surface area contributed by atoms with Crippen molar-refractivity contribution in [2.24, 2.45) is 5.92 Å². The van der Waals surface area contributed by atoms with Gasteiger partial charge in [-0.05, 0) is 37.1 Å². The lowest BCUT2D eigenvalue weighted by Gasteiger charge is -2.36. The molecule has 146 valence electrons. The lowest BCUT2D eigenvalue weighted by molar-refractivity contribution is -0.132. The number of nitrogens with zero attached hydrogens (tertiary/aromatic N) is 4. The monoisotopic (exact) mass is 378 g/mol. The molecule has 6 nitrogen and oxygen atoms in total. The normalized spacial score (nSPS) is 14.9. The maximum atomic E-state index is 12.4. The molecule has 3 aromatic rings. The van der Waals surface area contributed by atoms with Crippen molar-refractivity contribution in [1.82, 2.24) is 14.9 Å². The SMILES string of the molecule is Cc1ccc2nc(-c3ccco3)nc(N3CCN(C(=O)CC(C)C)CC3)c2c1. The van der Waals surface area contributed by atoms with Gasteiger partial charge >= 0.3 is 0 Å². The smallest absolute Gasteiger partial charge is 0.222 e. The number of hydrogen-bond acceptors (Lipinski definition) is 5. The van der Waals surface area contributed by atoms with Crippen molar-refractivity contribution in [3.8, 4) is 11.6 Å². The molecule has 1 aliphatic rings. The van der Waals surface area contributed by atoms with Crippen LogP contribution in [-0.2, 0) is 4.79 Å². The number of carbonyl (C=O) groups excluding carboxylic acids is 1. The Morgan fingerprint density at radius 3 is 2.61 bits per heavy atom. The van der Waals surface area contributed by atoms with E-state index in [1.165, 1.54) is 5.56 Å². The lowest BCUT2D eigenvalue weighted by atomic mass is 10.1. The van der Waals surface area contributed by atoms with E-state index in [-0.39, 0.29) is 5.91 Å². The number of fused-ring (bicyclic) bond motifs is 1. The Bertz CT molecular complexity index is 974. The second-order valence-corrected chi connectivity index (χ2v) is 7.83. The highest BCUT2D eigenvalue weighted by molar-refractivity contribution is 5.91. The van der Waals surface area contributed by atoms with E-state index >= 15 is 0 Å². The van der Waals surface area contributed by atoms with Crippen molar-refractivity contribution >= 4 is 22.6 Å². The van der Waals surface area contributed by atoms with Gasteiger partial charge in [0, 0.05) is 38.0 Å². The fourth-order valence-electron chi connectivity index (χ4n) is 3.63. The van der Waals surface area contributed by atoms with Gasteiger partial charge in [0.25, 0.3) is 0 Å². The second-order valence-electron chi connectivity index (χ2n) is 7.83. The first-order chi connectivity index (χ1) is 13.5. The summed E-state index contributed by atoms with van der Waals surface area (Å²) in [6.07, 6.45) is 2.25. The maximum absolute atomic E-state index is 12.4. The maximum Gasteiger partial charge on any atom is 0.222 e. The molecule has 0 unspecified atom stereocenters. The minimum absolute atomic E-state index is 0.245. The highest BCUT2D eigenvalue weighted by atomic mass is 16.3. The molecule has 1 saturated heterocycles. The van der Waals surface area contributed by atoms with Crippen molar-refractivity contribution in [3.05, 3.63) is 42.2 Å². The molecular formula is C22H26N4O2. The number of piperazine rings is 1. The van der Waals surface area contributed by atoms with E-state index in [4.69, 9.17) is 14.4 Å². The van der Waals surface area contributed by atoms with Crippen LogP contribution >= 0.6 is 0 Å². The number of anilines is 1. The third-order valence-corrected chi connectivity index (χ3v) is 5.09. The van der Waals surface area contributed by atoms with Crippen LogP contribution in [0.25, 0.3) is 22.5 Å². The van der Waals surface area contributed by atoms with Crippen LogP contribution < -0.4 is 4.90 Å². The van der Waals surface area contributed by atoms with Crippen LogP contribution in [0.4, 0.5) is 5.82 Å². The summed E-state index contributed by atoms with van der Waals surface area (Å²) < 4.78 is 5.52. The molecule has 0 atom stereocenters. The molecule has 0 bridgehead atoms. The average Bonchev–Trinajstić information content (AvgIpc) is 3.21. The third-order valence-electron chi connectivity index (χ3n) is 5.09. The first-order valence-electron chi connectivity index (χ1n) is 9.86. The Balaban J connectivity index is 1.64. The minimum atomic E-state index is 0.245. The lowest BCUT2D eigenvalue weighted by Crippen LogP contribution is -2.49. The fraction of sp³-hybridized carbons (Fsp3) is 0.409. The molecule has 3 heterocycles. The Hall–Kier alpha value is -2.89. The molecule has 1 aromatic carbocycles. The first-order valence-corrected chi connectivity index (χ1v) is 9.86. The quantitative estimate of drug-likeness (QED) is 0.689. The number of furan rings is 1. The van der Waals surface area contributed by atoms with E-state index in [1.807, 2.05) is 23.1 Å². The third kappa shape index (κ3) is 3.72. The molecule has 4 rings (SSSR count). The van der Waals surface area contributed by atoms with Crippen LogP contribution in [0.1, 0.15) is 25.8 Å². The van der Waals surface area contributed by atoms with Gasteiger partial charge in [0.05, 0.1) is 11.8 Å². The zero-order chi connectivity index (χ0) is 19.7. The Morgan fingerprint density at radius 1 is 1.14 bits per heavy atom. The summed E-state index contributed by atoms with van der Waals surface area (Å²) in [5.41, 5.74) is 2.08. The topological polar surface area (TPSA) is 62.5 Å². The molecular weight excluding hydrogens is 352 g/mol. The molecule has 0 saturated carbocycles. The molecule has 1 amide bonds. The molecule has 0 N–H and O–H groups in total. The van der Waals surface area contributed by atoms with Gasteiger partial charge in [-0.2, -0.15) is 0 Å².